The van der Waals surface area contributed by atoms with Gasteiger partial charge in [0.2, 0.25) is 0 Å². The van der Waals surface area contributed by atoms with Gasteiger partial charge in [-0.25, -0.2) is 0 Å². The third-order valence-electron chi connectivity index (χ3n) is 3.12. The van der Waals surface area contributed by atoms with Gasteiger partial charge in [-0.05, 0) is 44.0 Å². The molecule has 1 aromatic heterocycles. The van der Waals surface area contributed by atoms with Crippen molar-refractivity contribution in [1.82, 2.24) is 15.5 Å². The fourth-order valence-electron chi connectivity index (χ4n) is 2.37. The summed E-state index contributed by atoms with van der Waals surface area (Å²) in [6.45, 7) is 7.44. The second-order valence-corrected chi connectivity index (χ2v) is 4.98. The Labute approximate surface area is 115 Å². The Hall–Kier alpha value is -1.74. The fraction of sp³-hybridized carbons (Fsp3) is 0.375. The van der Waals surface area contributed by atoms with Gasteiger partial charge in [-0.1, -0.05) is 36.2 Å². The van der Waals surface area contributed by atoms with Crippen LogP contribution >= 0.6 is 0 Å². The van der Waals surface area contributed by atoms with Crippen molar-refractivity contribution >= 4 is 0 Å². The van der Waals surface area contributed by atoms with E-state index in [0.29, 0.717) is 0 Å². The van der Waals surface area contributed by atoms with E-state index in [9.17, 15) is 0 Å². The van der Waals surface area contributed by atoms with Crippen molar-refractivity contribution < 1.29 is 0 Å². The van der Waals surface area contributed by atoms with Crippen LogP contribution in [-0.4, -0.2) is 16.7 Å². The van der Waals surface area contributed by atoms with Crippen molar-refractivity contribution in [2.24, 2.45) is 0 Å². The molecule has 0 aliphatic heterocycles. The van der Waals surface area contributed by atoms with Crippen LogP contribution in [0, 0.1) is 13.8 Å². The Morgan fingerprint density at radius 2 is 1.79 bits per heavy atom. The maximum Gasteiger partial charge on any atom is 0.0593 e. The maximum atomic E-state index is 3.99. The highest BCUT2D eigenvalue weighted by Gasteiger charge is 2.14. The summed E-state index contributed by atoms with van der Waals surface area (Å²) in [6, 6.07) is 8.89. The third-order valence-corrected chi connectivity index (χ3v) is 3.12. The van der Waals surface area contributed by atoms with Crippen LogP contribution < -0.4 is 5.32 Å². The number of aryl methyl sites for hydroxylation is 2. The summed E-state index contributed by atoms with van der Waals surface area (Å²) in [7, 11) is 0. The standard InChI is InChI=1S/C16H21N3/c1-4-6-17-16(14-5-7-18-19-11-14)15-9-12(2)8-13(3)10-15/h5,7-11,16-17H,4,6H2,1-3H3. The quantitative estimate of drug-likeness (QED) is 0.891. The van der Waals surface area contributed by atoms with Crippen LogP contribution in [0.25, 0.3) is 0 Å². The topological polar surface area (TPSA) is 37.8 Å². The predicted octanol–water partition coefficient (Wildman–Crippen LogP) is 3.18. The molecule has 0 aliphatic rings. The highest BCUT2D eigenvalue weighted by molar-refractivity contribution is 5.35. The molecule has 0 saturated carbocycles. The molecule has 0 amide bonds. The Morgan fingerprint density at radius 3 is 2.37 bits per heavy atom. The number of rotatable bonds is 5. The van der Waals surface area contributed by atoms with E-state index in [0.717, 1.165) is 18.5 Å². The van der Waals surface area contributed by atoms with Crippen LogP contribution in [0.5, 0.6) is 0 Å². The first-order valence-corrected chi connectivity index (χ1v) is 6.79. The zero-order valence-corrected chi connectivity index (χ0v) is 11.9. The number of aromatic nitrogens is 2. The van der Waals surface area contributed by atoms with E-state index in [-0.39, 0.29) is 6.04 Å². The summed E-state index contributed by atoms with van der Waals surface area (Å²) in [5.74, 6) is 0. The molecule has 2 aromatic rings. The minimum atomic E-state index is 0.189. The Balaban J connectivity index is 2.36. The molecule has 1 N–H and O–H groups in total. The van der Waals surface area contributed by atoms with Crippen LogP contribution in [0.1, 0.15) is 41.6 Å². The molecule has 3 heteroatoms. The van der Waals surface area contributed by atoms with Gasteiger partial charge < -0.3 is 5.32 Å². The molecular weight excluding hydrogens is 234 g/mol. The molecule has 0 fully saturated rings. The number of hydrogen-bond acceptors (Lipinski definition) is 3. The average molecular weight is 255 g/mol. The molecule has 2 rings (SSSR count). The second kappa shape index (κ2) is 6.43. The number of hydrogen-bond donors (Lipinski definition) is 1. The lowest BCUT2D eigenvalue weighted by molar-refractivity contribution is 0.595. The highest BCUT2D eigenvalue weighted by atomic mass is 15.1. The molecule has 0 radical (unpaired) electrons. The van der Waals surface area contributed by atoms with Crippen molar-refractivity contribution in [2.75, 3.05) is 6.54 Å². The molecule has 3 nitrogen and oxygen atoms in total. The van der Waals surface area contributed by atoms with E-state index in [1.807, 2.05) is 12.3 Å². The van der Waals surface area contributed by atoms with Gasteiger partial charge in [0.05, 0.1) is 12.2 Å². The van der Waals surface area contributed by atoms with Gasteiger partial charge >= 0.3 is 0 Å². The minimum Gasteiger partial charge on any atom is -0.306 e. The van der Waals surface area contributed by atoms with Crippen molar-refractivity contribution in [1.29, 1.82) is 0 Å². The maximum absolute atomic E-state index is 3.99. The van der Waals surface area contributed by atoms with Crippen molar-refractivity contribution in [3.8, 4) is 0 Å². The molecule has 100 valence electrons. The molecule has 0 spiro atoms. The molecule has 0 bridgehead atoms. The second-order valence-electron chi connectivity index (χ2n) is 4.98. The summed E-state index contributed by atoms with van der Waals surface area (Å²) in [6.07, 6.45) is 4.70. The lowest BCUT2D eigenvalue weighted by atomic mass is 9.97. The van der Waals surface area contributed by atoms with Gasteiger partial charge in [0.1, 0.15) is 0 Å². The molecule has 1 aromatic carbocycles. The molecule has 0 aliphatic carbocycles. The molecule has 1 heterocycles. The zero-order valence-electron chi connectivity index (χ0n) is 11.9. The van der Waals surface area contributed by atoms with Gasteiger partial charge in [0.25, 0.3) is 0 Å². The largest absolute Gasteiger partial charge is 0.306 e. The van der Waals surface area contributed by atoms with Crippen LogP contribution in [0.2, 0.25) is 0 Å². The Bertz CT molecular complexity index is 503. The number of nitrogens with zero attached hydrogens (tertiary/aromatic N) is 2. The molecule has 1 unspecified atom stereocenters. The smallest absolute Gasteiger partial charge is 0.0593 e. The van der Waals surface area contributed by atoms with E-state index in [2.05, 4.69) is 54.5 Å². The SMILES string of the molecule is CCCNC(c1ccnnc1)c1cc(C)cc(C)c1. The van der Waals surface area contributed by atoms with Crippen molar-refractivity contribution in [2.45, 2.75) is 33.2 Å². The van der Waals surface area contributed by atoms with E-state index < -0.39 is 0 Å². The Kier molecular flexibility index (Phi) is 4.63. The van der Waals surface area contributed by atoms with Crippen molar-refractivity contribution in [3.05, 3.63) is 58.9 Å². The van der Waals surface area contributed by atoms with Gasteiger partial charge in [-0.2, -0.15) is 10.2 Å². The van der Waals surface area contributed by atoms with E-state index in [4.69, 9.17) is 0 Å². The number of nitrogens with one attached hydrogen (secondary N) is 1. The summed E-state index contributed by atoms with van der Waals surface area (Å²) in [5.41, 5.74) is 5.04. The van der Waals surface area contributed by atoms with E-state index in [1.54, 1.807) is 6.20 Å². The minimum absolute atomic E-state index is 0.189. The summed E-state index contributed by atoms with van der Waals surface area (Å²) in [5, 5.41) is 11.4. The molecular formula is C16H21N3. The summed E-state index contributed by atoms with van der Waals surface area (Å²) >= 11 is 0. The van der Waals surface area contributed by atoms with Crippen LogP contribution in [-0.2, 0) is 0 Å². The first kappa shape index (κ1) is 13.7. The Morgan fingerprint density at radius 1 is 1.05 bits per heavy atom. The van der Waals surface area contributed by atoms with Crippen LogP contribution in [0.3, 0.4) is 0 Å². The molecule has 19 heavy (non-hydrogen) atoms. The first-order chi connectivity index (χ1) is 9.20. The van der Waals surface area contributed by atoms with Crippen molar-refractivity contribution in [3.63, 3.8) is 0 Å². The molecule has 0 saturated heterocycles. The predicted molar refractivity (Wildman–Crippen MR) is 78.1 cm³/mol. The highest BCUT2D eigenvalue weighted by Crippen LogP contribution is 2.23. The molecule has 1 atom stereocenters. The average Bonchev–Trinajstić information content (AvgIpc) is 2.39. The lowest BCUT2D eigenvalue weighted by Gasteiger charge is -2.20. The van der Waals surface area contributed by atoms with Gasteiger partial charge in [0.15, 0.2) is 0 Å². The lowest BCUT2D eigenvalue weighted by Crippen LogP contribution is -2.23. The third kappa shape index (κ3) is 3.61. The normalized spacial score (nSPS) is 12.4. The van der Waals surface area contributed by atoms with Crippen LogP contribution in [0.15, 0.2) is 36.7 Å². The summed E-state index contributed by atoms with van der Waals surface area (Å²) < 4.78 is 0. The zero-order chi connectivity index (χ0) is 13.7. The monoisotopic (exact) mass is 255 g/mol. The van der Waals surface area contributed by atoms with E-state index >= 15 is 0 Å². The summed E-state index contributed by atoms with van der Waals surface area (Å²) in [4.78, 5) is 0. The van der Waals surface area contributed by atoms with E-state index in [1.165, 1.54) is 16.7 Å². The van der Waals surface area contributed by atoms with Gasteiger partial charge in [-0.15, -0.1) is 0 Å². The van der Waals surface area contributed by atoms with Crippen LogP contribution in [0.4, 0.5) is 0 Å². The van der Waals surface area contributed by atoms with Gasteiger partial charge in [-0.3, -0.25) is 0 Å². The van der Waals surface area contributed by atoms with Gasteiger partial charge in [0, 0.05) is 6.20 Å². The fourth-order valence-corrected chi connectivity index (χ4v) is 2.37. The first-order valence-electron chi connectivity index (χ1n) is 6.79. The number of benzene rings is 1.